The van der Waals surface area contributed by atoms with Crippen molar-refractivity contribution in [3.63, 3.8) is 0 Å². The van der Waals surface area contributed by atoms with Crippen LogP contribution < -0.4 is 5.32 Å². The number of aromatic nitrogens is 2. The predicted octanol–water partition coefficient (Wildman–Crippen LogP) is 3.21. The number of hydrogen-bond donors (Lipinski definition) is 1. The highest BCUT2D eigenvalue weighted by Gasteiger charge is 2.11. The molecule has 2 aromatic rings. The van der Waals surface area contributed by atoms with E-state index in [9.17, 15) is 0 Å². The van der Waals surface area contributed by atoms with Crippen LogP contribution in [0.25, 0.3) is 10.9 Å². The summed E-state index contributed by atoms with van der Waals surface area (Å²) in [5, 5.41) is 22.4. The van der Waals surface area contributed by atoms with E-state index in [1.807, 2.05) is 31.3 Å². The third-order valence-electron chi connectivity index (χ3n) is 3.02. The van der Waals surface area contributed by atoms with Crippen molar-refractivity contribution >= 4 is 28.5 Å². The van der Waals surface area contributed by atoms with Gasteiger partial charge < -0.3 is 5.32 Å². The summed E-state index contributed by atoms with van der Waals surface area (Å²) in [6, 6.07) is 12.1. The van der Waals surface area contributed by atoms with Crippen molar-refractivity contribution in [2.75, 3.05) is 18.1 Å². The zero-order valence-electron chi connectivity index (χ0n) is 11.7. The van der Waals surface area contributed by atoms with Crippen LogP contribution in [0.1, 0.15) is 12.8 Å². The molecule has 0 amide bonds. The average Bonchev–Trinajstić information content (AvgIpc) is 2.54. The van der Waals surface area contributed by atoms with E-state index in [1.165, 1.54) is 11.8 Å². The number of hydrogen-bond acceptors (Lipinski definition) is 6. The molecule has 5 nitrogen and oxygen atoms in total. The monoisotopic (exact) mass is 297 g/mol. The van der Waals surface area contributed by atoms with Crippen molar-refractivity contribution in [2.24, 2.45) is 5.92 Å². The van der Waals surface area contributed by atoms with Gasteiger partial charge in [0.25, 0.3) is 0 Å². The minimum atomic E-state index is -0.150. The lowest BCUT2D eigenvalue weighted by Crippen LogP contribution is -2.03. The number of fused-ring (bicyclic) bond motifs is 1. The van der Waals surface area contributed by atoms with Crippen molar-refractivity contribution in [2.45, 2.75) is 18.0 Å². The van der Waals surface area contributed by atoms with Gasteiger partial charge in [-0.2, -0.15) is 10.5 Å². The first-order valence-corrected chi connectivity index (χ1v) is 7.61. The van der Waals surface area contributed by atoms with Gasteiger partial charge in [0, 0.05) is 24.6 Å². The number of thioether (sulfide) groups is 1. The standard InChI is InChI=1S/C15H15N5S/c1-18-14-12-6-2-3-7-13(12)19-15(20-14)21-10-11(9-17)5-4-8-16/h2-3,6-7,11H,4-5,10H2,1H3,(H,18,19,20)/t11-/m1/s1. The zero-order valence-corrected chi connectivity index (χ0v) is 12.5. The fraction of sp³-hybridized carbons (Fsp3) is 0.333. The van der Waals surface area contributed by atoms with E-state index in [4.69, 9.17) is 10.5 Å². The number of nitriles is 2. The molecule has 0 spiro atoms. The average molecular weight is 297 g/mol. The summed E-state index contributed by atoms with van der Waals surface area (Å²) in [6.07, 6.45) is 0.992. The quantitative estimate of drug-likeness (QED) is 0.651. The molecule has 1 heterocycles. The molecule has 0 aliphatic heterocycles. The maximum Gasteiger partial charge on any atom is 0.190 e. The fourth-order valence-corrected chi connectivity index (χ4v) is 2.82. The summed E-state index contributed by atoms with van der Waals surface area (Å²) in [4.78, 5) is 8.98. The highest BCUT2D eigenvalue weighted by atomic mass is 32.2. The van der Waals surface area contributed by atoms with Crippen molar-refractivity contribution < 1.29 is 0 Å². The van der Waals surface area contributed by atoms with E-state index in [2.05, 4.69) is 27.4 Å². The Balaban J connectivity index is 2.16. The number of anilines is 1. The van der Waals surface area contributed by atoms with Crippen LogP contribution in [0.15, 0.2) is 29.4 Å². The first-order valence-electron chi connectivity index (χ1n) is 6.62. The summed E-state index contributed by atoms with van der Waals surface area (Å²) in [6.45, 7) is 0. The highest BCUT2D eigenvalue weighted by Crippen LogP contribution is 2.25. The lowest BCUT2D eigenvalue weighted by molar-refractivity contribution is 0.684. The van der Waals surface area contributed by atoms with E-state index in [1.54, 1.807) is 0 Å². The van der Waals surface area contributed by atoms with Crippen LogP contribution in [0.5, 0.6) is 0 Å². The normalized spacial score (nSPS) is 11.6. The largest absolute Gasteiger partial charge is 0.372 e. The van der Waals surface area contributed by atoms with Crippen molar-refractivity contribution in [1.29, 1.82) is 10.5 Å². The molecule has 0 fully saturated rings. The van der Waals surface area contributed by atoms with E-state index >= 15 is 0 Å². The van der Waals surface area contributed by atoms with Gasteiger partial charge in [-0.25, -0.2) is 9.97 Å². The minimum absolute atomic E-state index is 0.150. The van der Waals surface area contributed by atoms with Gasteiger partial charge in [-0.3, -0.25) is 0 Å². The number of nitrogens with zero attached hydrogens (tertiary/aromatic N) is 4. The van der Waals surface area contributed by atoms with Crippen LogP contribution in [-0.2, 0) is 0 Å². The molecule has 21 heavy (non-hydrogen) atoms. The SMILES string of the molecule is CNc1nc(SC[C@@H](C#N)CCC#N)nc2ccccc12. The van der Waals surface area contributed by atoms with Gasteiger partial charge in [0.1, 0.15) is 5.82 Å². The number of nitrogens with one attached hydrogen (secondary N) is 1. The van der Waals surface area contributed by atoms with Crippen LogP contribution >= 0.6 is 11.8 Å². The molecule has 106 valence electrons. The zero-order chi connectivity index (χ0) is 15.1. The lowest BCUT2D eigenvalue weighted by atomic mass is 10.1. The maximum absolute atomic E-state index is 9.08. The van der Waals surface area contributed by atoms with Crippen LogP contribution in [0.2, 0.25) is 0 Å². The molecular weight excluding hydrogens is 282 g/mol. The minimum Gasteiger partial charge on any atom is -0.372 e. The van der Waals surface area contributed by atoms with Crippen molar-refractivity contribution in [3.05, 3.63) is 24.3 Å². The second kappa shape index (κ2) is 7.47. The summed E-state index contributed by atoms with van der Waals surface area (Å²) >= 11 is 1.45. The maximum atomic E-state index is 9.08. The van der Waals surface area contributed by atoms with Crippen LogP contribution in [0.4, 0.5) is 5.82 Å². The van der Waals surface area contributed by atoms with E-state index in [0.29, 0.717) is 23.8 Å². The Labute approximate surface area is 128 Å². The third kappa shape index (κ3) is 3.84. The molecule has 1 N–H and O–H groups in total. The molecule has 0 unspecified atom stereocenters. The van der Waals surface area contributed by atoms with Gasteiger partial charge in [-0.15, -0.1) is 0 Å². The summed E-state index contributed by atoms with van der Waals surface area (Å²) < 4.78 is 0. The predicted molar refractivity (Wildman–Crippen MR) is 83.8 cm³/mol. The van der Waals surface area contributed by atoms with Crippen LogP contribution in [0, 0.1) is 28.6 Å². The van der Waals surface area contributed by atoms with Gasteiger partial charge in [-0.1, -0.05) is 23.9 Å². The van der Waals surface area contributed by atoms with E-state index < -0.39 is 0 Å². The van der Waals surface area contributed by atoms with E-state index in [0.717, 1.165) is 16.7 Å². The Morgan fingerprint density at radius 3 is 2.81 bits per heavy atom. The molecule has 0 radical (unpaired) electrons. The molecule has 2 rings (SSSR count). The summed E-state index contributed by atoms with van der Waals surface area (Å²) in [5.41, 5.74) is 0.880. The molecule has 1 aromatic heterocycles. The van der Waals surface area contributed by atoms with Gasteiger partial charge in [0.05, 0.1) is 23.6 Å². The molecule has 1 atom stereocenters. The number of rotatable bonds is 6. The van der Waals surface area contributed by atoms with Crippen LogP contribution in [-0.4, -0.2) is 22.8 Å². The van der Waals surface area contributed by atoms with Gasteiger partial charge >= 0.3 is 0 Å². The second-order valence-corrected chi connectivity index (χ2v) is 5.44. The van der Waals surface area contributed by atoms with E-state index in [-0.39, 0.29) is 5.92 Å². The molecular formula is C15H15N5S. The molecule has 1 aromatic carbocycles. The molecule has 6 heteroatoms. The smallest absolute Gasteiger partial charge is 0.190 e. The Morgan fingerprint density at radius 2 is 2.10 bits per heavy atom. The first kappa shape index (κ1) is 15.1. The number of benzene rings is 1. The lowest BCUT2D eigenvalue weighted by Gasteiger charge is -2.09. The van der Waals surface area contributed by atoms with Gasteiger partial charge in [0.2, 0.25) is 0 Å². The molecule has 0 aliphatic rings. The Morgan fingerprint density at radius 1 is 1.29 bits per heavy atom. The Kier molecular flexibility index (Phi) is 5.36. The summed E-state index contributed by atoms with van der Waals surface area (Å²) in [5.74, 6) is 1.23. The Bertz CT molecular complexity index is 701. The summed E-state index contributed by atoms with van der Waals surface area (Å²) in [7, 11) is 1.83. The number of para-hydroxylation sites is 1. The van der Waals surface area contributed by atoms with Crippen molar-refractivity contribution in [1.82, 2.24) is 9.97 Å². The fourth-order valence-electron chi connectivity index (χ4n) is 1.91. The second-order valence-electron chi connectivity index (χ2n) is 4.46. The molecule has 0 bridgehead atoms. The molecule has 0 saturated carbocycles. The highest BCUT2D eigenvalue weighted by molar-refractivity contribution is 7.99. The van der Waals surface area contributed by atoms with Crippen molar-refractivity contribution in [3.8, 4) is 12.1 Å². The topological polar surface area (TPSA) is 85.4 Å². The third-order valence-corrected chi connectivity index (χ3v) is 4.03. The first-order chi connectivity index (χ1) is 10.3. The molecule has 0 saturated heterocycles. The van der Waals surface area contributed by atoms with Gasteiger partial charge in [-0.05, 0) is 18.6 Å². The Hall–Kier alpha value is -2.31. The molecule has 0 aliphatic carbocycles. The van der Waals surface area contributed by atoms with Crippen LogP contribution in [0.3, 0.4) is 0 Å². The van der Waals surface area contributed by atoms with Gasteiger partial charge in [0.15, 0.2) is 5.16 Å².